The maximum atomic E-state index is 13.5. The van der Waals surface area contributed by atoms with E-state index in [-0.39, 0.29) is 17.0 Å². The molecule has 1 amide bonds. The average molecular weight is 324 g/mol. The second kappa shape index (κ2) is 6.55. The van der Waals surface area contributed by atoms with Gasteiger partial charge in [-0.05, 0) is 32.9 Å². The van der Waals surface area contributed by atoms with Crippen molar-refractivity contribution in [2.45, 2.75) is 26.9 Å². The highest BCUT2D eigenvalue weighted by molar-refractivity contribution is 5.98. The highest BCUT2D eigenvalue weighted by atomic mass is 19.1. The summed E-state index contributed by atoms with van der Waals surface area (Å²) >= 11 is 0. The summed E-state index contributed by atoms with van der Waals surface area (Å²) in [5.74, 6) is -2.95. The van der Waals surface area contributed by atoms with Crippen LogP contribution in [-0.2, 0) is 9.53 Å². The molecule has 0 aliphatic rings. The first-order chi connectivity index (χ1) is 10.8. The molecule has 0 bridgehead atoms. The van der Waals surface area contributed by atoms with Crippen LogP contribution in [0.25, 0.3) is 0 Å². The van der Waals surface area contributed by atoms with Crippen LogP contribution in [0.15, 0.2) is 22.7 Å². The first kappa shape index (κ1) is 16.6. The van der Waals surface area contributed by atoms with Gasteiger partial charge in [-0.2, -0.15) is 0 Å². The number of aryl methyl sites for hydroxylation is 2. The quantitative estimate of drug-likeness (QED) is 0.875. The fraction of sp³-hybridized carbons (Fsp3) is 0.267. The number of carbonyl (C=O) groups is 2. The Morgan fingerprint density at radius 3 is 2.57 bits per heavy atom. The fourth-order valence-corrected chi connectivity index (χ4v) is 1.87. The minimum absolute atomic E-state index is 0.137. The number of nitrogens with zero attached hydrogens (tertiary/aromatic N) is 1. The van der Waals surface area contributed by atoms with Gasteiger partial charge in [-0.15, -0.1) is 0 Å². The zero-order chi connectivity index (χ0) is 17.1. The van der Waals surface area contributed by atoms with Gasteiger partial charge in [0.05, 0.1) is 11.4 Å². The smallest absolute Gasteiger partial charge is 0.344 e. The molecular weight excluding hydrogens is 310 g/mol. The highest BCUT2D eigenvalue weighted by Gasteiger charge is 2.24. The molecule has 0 unspecified atom stereocenters. The number of ether oxygens (including phenoxy) is 1. The minimum atomic E-state index is -1.19. The first-order valence-corrected chi connectivity index (χ1v) is 6.69. The van der Waals surface area contributed by atoms with Crippen molar-refractivity contribution < 1.29 is 27.6 Å². The van der Waals surface area contributed by atoms with E-state index in [1.807, 2.05) is 0 Å². The van der Waals surface area contributed by atoms with Crippen molar-refractivity contribution in [3.63, 3.8) is 0 Å². The van der Waals surface area contributed by atoms with Crippen molar-refractivity contribution >= 4 is 17.6 Å². The van der Waals surface area contributed by atoms with E-state index in [4.69, 9.17) is 9.26 Å². The molecule has 1 aromatic heterocycles. The number of esters is 1. The summed E-state index contributed by atoms with van der Waals surface area (Å²) in [6, 6.07) is 2.71. The van der Waals surface area contributed by atoms with Crippen LogP contribution >= 0.6 is 0 Å². The molecule has 0 aliphatic carbocycles. The third-order valence-corrected chi connectivity index (χ3v) is 3.08. The SMILES string of the molecule is Cc1noc(C)c1C(=O)O[C@H](C)C(=O)Nc1ccc(F)cc1F. The van der Waals surface area contributed by atoms with E-state index in [1.54, 1.807) is 6.92 Å². The average Bonchev–Trinajstić information content (AvgIpc) is 2.81. The largest absolute Gasteiger partial charge is 0.449 e. The number of amides is 1. The molecule has 2 aromatic rings. The summed E-state index contributed by atoms with van der Waals surface area (Å²) in [6.07, 6.45) is -1.19. The number of aromatic nitrogens is 1. The van der Waals surface area contributed by atoms with Crippen LogP contribution in [-0.4, -0.2) is 23.1 Å². The van der Waals surface area contributed by atoms with Crippen molar-refractivity contribution in [1.82, 2.24) is 5.16 Å². The van der Waals surface area contributed by atoms with E-state index in [0.29, 0.717) is 11.8 Å². The second-order valence-corrected chi connectivity index (χ2v) is 4.86. The minimum Gasteiger partial charge on any atom is -0.449 e. The Bertz CT molecular complexity index is 738. The number of halogens is 2. The molecule has 1 heterocycles. The summed E-state index contributed by atoms with van der Waals surface area (Å²) in [7, 11) is 0. The molecule has 0 aliphatic heterocycles. The van der Waals surface area contributed by atoms with E-state index >= 15 is 0 Å². The molecule has 0 saturated heterocycles. The lowest BCUT2D eigenvalue weighted by atomic mass is 10.2. The molecule has 1 aromatic carbocycles. The van der Waals surface area contributed by atoms with Gasteiger partial charge in [-0.1, -0.05) is 5.16 Å². The number of carbonyl (C=O) groups excluding carboxylic acids is 2. The van der Waals surface area contributed by atoms with Crippen LogP contribution in [0.1, 0.15) is 28.7 Å². The maximum Gasteiger partial charge on any atom is 0.344 e. The molecule has 6 nitrogen and oxygen atoms in total. The van der Waals surface area contributed by atoms with Crippen molar-refractivity contribution in [2.24, 2.45) is 0 Å². The summed E-state index contributed by atoms with van der Waals surface area (Å²) in [6.45, 7) is 4.42. The molecule has 23 heavy (non-hydrogen) atoms. The van der Waals surface area contributed by atoms with E-state index in [9.17, 15) is 18.4 Å². The number of nitrogens with one attached hydrogen (secondary N) is 1. The van der Waals surface area contributed by atoms with Gasteiger partial charge < -0.3 is 14.6 Å². The van der Waals surface area contributed by atoms with Crippen LogP contribution in [0.5, 0.6) is 0 Å². The molecule has 0 spiro atoms. The zero-order valence-corrected chi connectivity index (χ0v) is 12.6. The van der Waals surface area contributed by atoms with Gasteiger partial charge in [0.15, 0.2) is 6.10 Å². The molecule has 0 radical (unpaired) electrons. The van der Waals surface area contributed by atoms with Crippen LogP contribution in [0.2, 0.25) is 0 Å². The van der Waals surface area contributed by atoms with Crippen molar-refractivity contribution in [1.29, 1.82) is 0 Å². The van der Waals surface area contributed by atoms with Crippen molar-refractivity contribution in [3.05, 3.63) is 46.9 Å². The third-order valence-electron chi connectivity index (χ3n) is 3.08. The maximum absolute atomic E-state index is 13.5. The molecule has 0 fully saturated rings. The highest BCUT2D eigenvalue weighted by Crippen LogP contribution is 2.17. The Morgan fingerprint density at radius 1 is 1.30 bits per heavy atom. The van der Waals surface area contributed by atoms with Crippen LogP contribution < -0.4 is 5.32 Å². The van der Waals surface area contributed by atoms with Crippen molar-refractivity contribution in [3.8, 4) is 0 Å². The molecule has 122 valence electrons. The van der Waals surface area contributed by atoms with E-state index in [0.717, 1.165) is 12.1 Å². The summed E-state index contributed by atoms with van der Waals surface area (Å²) in [4.78, 5) is 23.9. The Morgan fingerprint density at radius 2 is 2.00 bits per heavy atom. The van der Waals surface area contributed by atoms with Gasteiger partial charge >= 0.3 is 5.97 Å². The predicted octanol–water partition coefficient (Wildman–Crippen LogP) is 2.75. The number of benzene rings is 1. The second-order valence-electron chi connectivity index (χ2n) is 4.86. The van der Waals surface area contributed by atoms with Gasteiger partial charge in [-0.3, -0.25) is 4.79 Å². The van der Waals surface area contributed by atoms with Crippen LogP contribution in [0, 0.1) is 25.5 Å². The Balaban J connectivity index is 2.04. The van der Waals surface area contributed by atoms with E-state index in [1.165, 1.54) is 13.8 Å². The first-order valence-electron chi connectivity index (χ1n) is 6.69. The summed E-state index contributed by atoms with van der Waals surface area (Å²) in [5.41, 5.74) is 0.263. The molecule has 8 heteroatoms. The fourth-order valence-electron chi connectivity index (χ4n) is 1.87. The Kier molecular flexibility index (Phi) is 4.73. The Hall–Kier alpha value is -2.77. The molecule has 1 N–H and O–H groups in total. The zero-order valence-electron chi connectivity index (χ0n) is 12.6. The number of rotatable bonds is 4. The molecule has 2 rings (SSSR count). The van der Waals surface area contributed by atoms with Gasteiger partial charge in [0.25, 0.3) is 5.91 Å². The number of anilines is 1. The van der Waals surface area contributed by atoms with Gasteiger partial charge in [0, 0.05) is 6.07 Å². The number of hydrogen-bond donors (Lipinski definition) is 1. The molecule has 1 atom stereocenters. The number of hydrogen-bond acceptors (Lipinski definition) is 5. The van der Waals surface area contributed by atoms with Gasteiger partial charge in [0.2, 0.25) is 0 Å². The Labute approximate surface area is 130 Å². The van der Waals surface area contributed by atoms with E-state index < -0.39 is 29.6 Å². The summed E-state index contributed by atoms with van der Waals surface area (Å²) < 4.78 is 36.1. The lowest BCUT2D eigenvalue weighted by molar-refractivity contribution is -0.123. The predicted molar refractivity (Wildman–Crippen MR) is 75.8 cm³/mol. The molecular formula is C15H14F2N2O4. The monoisotopic (exact) mass is 324 g/mol. The molecule has 0 saturated carbocycles. The van der Waals surface area contributed by atoms with Crippen LogP contribution in [0.3, 0.4) is 0 Å². The summed E-state index contributed by atoms with van der Waals surface area (Å²) in [5, 5.41) is 5.84. The lowest BCUT2D eigenvalue weighted by Gasteiger charge is -2.13. The lowest BCUT2D eigenvalue weighted by Crippen LogP contribution is -2.30. The standard InChI is InChI=1S/C15H14F2N2O4/c1-7-13(8(2)23-19-7)15(21)22-9(3)14(20)18-12-5-4-10(16)6-11(12)17/h4-6,9H,1-3H3,(H,18,20)/t9-/m1/s1. The van der Waals surface area contributed by atoms with Gasteiger partial charge in [-0.25, -0.2) is 13.6 Å². The van der Waals surface area contributed by atoms with Crippen LogP contribution in [0.4, 0.5) is 14.5 Å². The van der Waals surface area contributed by atoms with E-state index in [2.05, 4.69) is 10.5 Å². The van der Waals surface area contributed by atoms with Gasteiger partial charge in [0.1, 0.15) is 23.0 Å². The third kappa shape index (κ3) is 3.71. The normalized spacial score (nSPS) is 11.9. The van der Waals surface area contributed by atoms with Crippen molar-refractivity contribution in [2.75, 3.05) is 5.32 Å². The topological polar surface area (TPSA) is 81.4 Å².